The number of likely N-dealkylation sites (tertiary alicyclic amines) is 1. The molecule has 0 bridgehead atoms. The highest BCUT2D eigenvalue weighted by atomic mass is 35.5. The van der Waals surface area contributed by atoms with Crippen LogP contribution in [0.25, 0.3) is 0 Å². The van der Waals surface area contributed by atoms with Crippen LogP contribution in [0.15, 0.2) is 16.3 Å². The lowest BCUT2D eigenvalue weighted by molar-refractivity contribution is 0.191. The predicted molar refractivity (Wildman–Crippen MR) is 84.0 cm³/mol. The fourth-order valence-electron chi connectivity index (χ4n) is 2.31. The third-order valence-corrected chi connectivity index (χ3v) is 6.82. The highest BCUT2D eigenvalue weighted by Crippen LogP contribution is 2.25. The van der Waals surface area contributed by atoms with Gasteiger partial charge in [-0.25, -0.2) is 13.1 Å². The Hall–Kier alpha value is -0.140. The number of thiophene rings is 1. The minimum atomic E-state index is -3.39. The van der Waals surface area contributed by atoms with Crippen LogP contribution in [0.2, 0.25) is 4.34 Å². The minimum Gasteiger partial charge on any atom is -0.303 e. The van der Waals surface area contributed by atoms with Gasteiger partial charge in [0.15, 0.2) is 0 Å². The van der Waals surface area contributed by atoms with Crippen LogP contribution >= 0.6 is 22.9 Å². The van der Waals surface area contributed by atoms with Gasteiger partial charge in [0, 0.05) is 6.54 Å². The van der Waals surface area contributed by atoms with Gasteiger partial charge in [-0.2, -0.15) is 0 Å². The van der Waals surface area contributed by atoms with Gasteiger partial charge >= 0.3 is 0 Å². The molecule has 1 aromatic rings. The van der Waals surface area contributed by atoms with Crippen LogP contribution in [-0.4, -0.2) is 39.5 Å². The number of rotatable bonds is 6. The first-order chi connectivity index (χ1) is 9.47. The molecule has 1 saturated heterocycles. The number of sulfonamides is 1. The van der Waals surface area contributed by atoms with Crippen molar-refractivity contribution in [3.8, 4) is 0 Å². The number of nitrogens with zero attached hydrogens (tertiary/aromatic N) is 1. The van der Waals surface area contributed by atoms with Crippen molar-refractivity contribution in [3.05, 3.63) is 16.5 Å². The molecule has 4 nitrogen and oxygen atoms in total. The summed E-state index contributed by atoms with van der Waals surface area (Å²) in [6.45, 7) is 5.99. The fraction of sp³-hybridized carbons (Fsp3) is 0.692. The molecule has 0 radical (unpaired) electrons. The molecule has 1 N–H and O–H groups in total. The molecule has 0 saturated carbocycles. The molecule has 0 atom stereocenters. The van der Waals surface area contributed by atoms with Crippen molar-refractivity contribution in [3.63, 3.8) is 0 Å². The van der Waals surface area contributed by atoms with Crippen molar-refractivity contribution in [1.29, 1.82) is 0 Å². The molecule has 1 aromatic heterocycles. The van der Waals surface area contributed by atoms with Crippen LogP contribution in [0.3, 0.4) is 0 Å². The van der Waals surface area contributed by atoms with Crippen molar-refractivity contribution >= 4 is 33.0 Å². The van der Waals surface area contributed by atoms with Gasteiger partial charge in [0.1, 0.15) is 4.21 Å². The average Bonchev–Trinajstić information content (AvgIpc) is 2.84. The summed E-state index contributed by atoms with van der Waals surface area (Å²) in [5, 5.41) is 0. The fourth-order valence-corrected chi connectivity index (χ4v) is 4.91. The van der Waals surface area contributed by atoms with Crippen LogP contribution in [0.5, 0.6) is 0 Å². The van der Waals surface area contributed by atoms with E-state index in [4.69, 9.17) is 11.6 Å². The van der Waals surface area contributed by atoms with E-state index >= 15 is 0 Å². The Bertz CT molecular complexity index is 522. The topological polar surface area (TPSA) is 49.4 Å². The Balaban J connectivity index is 1.70. The molecular weight excluding hydrogens is 316 g/mol. The number of hydrogen-bond donors (Lipinski definition) is 1. The maximum Gasteiger partial charge on any atom is 0.250 e. The quantitative estimate of drug-likeness (QED) is 0.813. The zero-order valence-corrected chi connectivity index (χ0v) is 14.0. The van der Waals surface area contributed by atoms with Crippen LogP contribution in [0.4, 0.5) is 0 Å². The normalized spacial score (nSPS) is 18.5. The van der Waals surface area contributed by atoms with E-state index in [9.17, 15) is 8.42 Å². The van der Waals surface area contributed by atoms with E-state index in [0.29, 0.717) is 10.9 Å². The SMILES string of the molecule is CC1CCN(CCCNS(=O)(=O)c2ccc(Cl)s2)CC1. The summed E-state index contributed by atoms with van der Waals surface area (Å²) in [6, 6.07) is 3.15. The van der Waals surface area contributed by atoms with Gasteiger partial charge in [0.25, 0.3) is 0 Å². The zero-order valence-electron chi connectivity index (χ0n) is 11.6. The molecule has 114 valence electrons. The largest absolute Gasteiger partial charge is 0.303 e. The zero-order chi connectivity index (χ0) is 14.6. The molecule has 1 fully saturated rings. The minimum absolute atomic E-state index is 0.286. The van der Waals surface area contributed by atoms with Gasteiger partial charge in [-0.1, -0.05) is 18.5 Å². The Morgan fingerprint density at radius 2 is 2.10 bits per heavy atom. The van der Waals surface area contributed by atoms with Gasteiger partial charge in [0.2, 0.25) is 10.0 Å². The molecule has 1 aliphatic heterocycles. The number of nitrogens with one attached hydrogen (secondary N) is 1. The Morgan fingerprint density at radius 3 is 2.70 bits per heavy atom. The molecule has 2 heterocycles. The van der Waals surface area contributed by atoms with Crippen molar-refractivity contribution in [1.82, 2.24) is 9.62 Å². The Kier molecular flexibility index (Phi) is 5.86. The van der Waals surface area contributed by atoms with Gasteiger partial charge in [0.05, 0.1) is 4.34 Å². The summed E-state index contributed by atoms with van der Waals surface area (Å²) in [5.41, 5.74) is 0. The molecule has 20 heavy (non-hydrogen) atoms. The van der Waals surface area contributed by atoms with Crippen molar-refractivity contribution in [2.75, 3.05) is 26.2 Å². The van der Waals surface area contributed by atoms with Crippen molar-refractivity contribution in [2.45, 2.75) is 30.4 Å². The molecule has 0 unspecified atom stereocenters. The second kappa shape index (κ2) is 7.22. The van der Waals surface area contributed by atoms with Crippen LogP contribution in [0, 0.1) is 5.92 Å². The van der Waals surface area contributed by atoms with E-state index in [1.807, 2.05) is 0 Å². The molecule has 0 spiro atoms. The van der Waals surface area contributed by atoms with Gasteiger partial charge in [-0.15, -0.1) is 11.3 Å². The van der Waals surface area contributed by atoms with E-state index in [2.05, 4.69) is 16.5 Å². The summed E-state index contributed by atoms with van der Waals surface area (Å²) in [4.78, 5) is 2.41. The van der Waals surface area contributed by atoms with Crippen LogP contribution < -0.4 is 4.72 Å². The smallest absolute Gasteiger partial charge is 0.250 e. The summed E-state index contributed by atoms with van der Waals surface area (Å²) in [7, 11) is -3.39. The lowest BCUT2D eigenvalue weighted by atomic mass is 9.99. The van der Waals surface area contributed by atoms with Crippen LogP contribution in [-0.2, 0) is 10.0 Å². The predicted octanol–water partition coefficient (Wildman–Crippen LogP) is 2.80. The van der Waals surface area contributed by atoms with E-state index < -0.39 is 10.0 Å². The number of halogens is 1. The van der Waals surface area contributed by atoms with E-state index in [1.165, 1.54) is 12.8 Å². The summed E-state index contributed by atoms with van der Waals surface area (Å²) in [5.74, 6) is 0.827. The Labute approximate surface area is 130 Å². The third kappa shape index (κ3) is 4.70. The van der Waals surface area contributed by atoms with E-state index in [0.717, 1.165) is 43.3 Å². The first-order valence-electron chi connectivity index (χ1n) is 6.95. The average molecular weight is 337 g/mol. The van der Waals surface area contributed by atoms with E-state index in [-0.39, 0.29) is 4.21 Å². The molecule has 0 aromatic carbocycles. The van der Waals surface area contributed by atoms with Gasteiger partial charge in [-0.05, 0) is 56.9 Å². The lowest BCUT2D eigenvalue weighted by Crippen LogP contribution is -2.35. The number of piperidine rings is 1. The summed E-state index contributed by atoms with van der Waals surface area (Å²) >= 11 is 6.85. The first kappa shape index (κ1) is 16.2. The van der Waals surface area contributed by atoms with Crippen LogP contribution in [0.1, 0.15) is 26.2 Å². The highest BCUT2D eigenvalue weighted by Gasteiger charge is 2.17. The third-order valence-electron chi connectivity index (χ3n) is 3.63. The highest BCUT2D eigenvalue weighted by molar-refractivity contribution is 7.91. The second-order valence-electron chi connectivity index (χ2n) is 5.33. The van der Waals surface area contributed by atoms with E-state index in [1.54, 1.807) is 12.1 Å². The molecule has 1 aliphatic rings. The standard InChI is InChI=1S/C13H21ClN2O2S2/c1-11-5-9-16(10-6-11)8-2-7-15-20(17,18)13-4-3-12(14)19-13/h3-4,11,15H,2,5-10H2,1H3. The number of hydrogen-bond acceptors (Lipinski definition) is 4. The molecule has 7 heteroatoms. The lowest BCUT2D eigenvalue weighted by Gasteiger charge is -2.30. The maximum absolute atomic E-state index is 12.0. The van der Waals surface area contributed by atoms with Gasteiger partial charge in [-0.3, -0.25) is 0 Å². The molecular formula is C13H21ClN2O2S2. The summed E-state index contributed by atoms with van der Waals surface area (Å²) in [6.07, 6.45) is 3.34. The second-order valence-corrected chi connectivity index (χ2v) is 9.04. The molecule has 2 rings (SSSR count). The Morgan fingerprint density at radius 1 is 1.40 bits per heavy atom. The molecule has 0 aliphatic carbocycles. The monoisotopic (exact) mass is 336 g/mol. The van der Waals surface area contributed by atoms with Crippen molar-refractivity contribution < 1.29 is 8.42 Å². The summed E-state index contributed by atoms with van der Waals surface area (Å²) < 4.78 is 27.3. The molecule has 0 amide bonds. The van der Waals surface area contributed by atoms with Gasteiger partial charge < -0.3 is 4.90 Å². The first-order valence-corrected chi connectivity index (χ1v) is 9.62. The maximum atomic E-state index is 12.0. The van der Waals surface area contributed by atoms with Crippen molar-refractivity contribution in [2.24, 2.45) is 5.92 Å².